The molecule has 0 radical (unpaired) electrons. The maximum absolute atomic E-state index is 12.8. The molecule has 0 fully saturated rings. The molecular formula is C21H25N3O4S. The van der Waals surface area contributed by atoms with Crippen LogP contribution in [0.5, 0.6) is 11.5 Å². The lowest BCUT2D eigenvalue weighted by Crippen LogP contribution is -2.24. The molecule has 3 aromatic rings. The van der Waals surface area contributed by atoms with Crippen molar-refractivity contribution in [2.45, 2.75) is 31.8 Å². The second kappa shape index (κ2) is 9.58. The molecule has 0 bridgehead atoms. The third-order valence-electron chi connectivity index (χ3n) is 4.31. The quantitative estimate of drug-likeness (QED) is 0.550. The van der Waals surface area contributed by atoms with Crippen LogP contribution in [0.15, 0.2) is 66.1 Å². The van der Waals surface area contributed by atoms with Crippen molar-refractivity contribution in [3.05, 3.63) is 72.3 Å². The Bertz CT molecular complexity index is 1030. The van der Waals surface area contributed by atoms with E-state index in [1.165, 1.54) is 12.1 Å². The monoisotopic (exact) mass is 415 g/mol. The molecule has 0 atom stereocenters. The van der Waals surface area contributed by atoms with Crippen molar-refractivity contribution in [3.63, 3.8) is 0 Å². The van der Waals surface area contributed by atoms with Crippen molar-refractivity contribution in [2.75, 3.05) is 13.2 Å². The standard InChI is InChI=1S/C21H25N3O4S/c1-3-27-20-10-9-19(13-21(20)28-4-2)29(25,26)23-14-17-7-5-6-8-18(17)15-24-12-11-22-16-24/h5-13,16,23H,3-4,14-15H2,1-2H3. The van der Waals surface area contributed by atoms with Gasteiger partial charge in [0, 0.05) is 31.5 Å². The lowest BCUT2D eigenvalue weighted by molar-refractivity contribution is 0.287. The van der Waals surface area contributed by atoms with Gasteiger partial charge >= 0.3 is 0 Å². The van der Waals surface area contributed by atoms with E-state index < -0.39 is 10.0 Å². The topological polar surface area (TPSA) is 82.5 Å². The highest BCUT2D eigenvalue weighted by molar-refractivity contribution is 7.89. The van der Waals surface area contributed by atoms with E-state index in [0.29, 0.717) is 31.3 Å². The summed E-state index contributed by atoms with van der Waals surface area (Å²) in [5, 5.41) is 0. The molecule has 0 saturated carbocycles. The molecule has 1 N–H and O–H groups in total. The van der Waals surface area contributed by atoms with Gasteiger partial charge in [-0.1, -0.05) is 24.3 Å². The third kappa shape index (κ3) is 5.36. The highest BCUT2D eigenvalue weighted by Crippen LogP contribution is 2.30. The minimum Gasteiger partial charge on any atom is -0.490 e. The van der Waals surface area contributed by atoms with Crippen molar-refractivity contribution in [1.82, 2.24) is 14.3 Å². The molecule has 0 spiro atoms. The predicted molar refractivity (Wildman–Crippen MR) is 111 cm³/mol. The van der Waals surface area contributed by atoms with Crippen molar-refractivity contribution in [2.24, 2.45) is 0 Å². The minimum atomic E-state index is -3.71. The zero-order valence-corrected chi connectivity index (χ0v) is 17.4. The molecule has 8 heteroatoms. The van der Waals surface area contributed by atoms with Crippen LogP contribution in [0, 0.1) is 0 Å². The summed E-state index contributed by atoms with van der Waals surface area (Å²) in [5.74, 6) is 0.941. The van der Waals surface area contributed by atoms with E-state index in [9.17, 15) is 8.42 Å². The van der Waals surface area contributed by atoms with E-state index >= 15 is 0 Å². The Kier molecular flexibility index (Phi) is 6.90. The number of hydrogen-bond donors (Lipinski definition) is 1. The second-order valence-electron chi connectivity index (χ2n) is 6.30. The molecule has 3 rings (SSSR count). The number of rotatable bonds is 10. The molecule has 0 aliphatic heterocycles. The number of sulfonamides is 1. The van der Waals surface area contributed by atoms with Crippen molar-refractivity contribution < 1.29 is 17.9 Å². The molecule has 1 aromatic heterocycles. The van der Waals surface area contributed by atoms with Gasteiger partial charge in [0.15, 0.2) is 11.5 Å². The van der Waals surface area contributed by atoms with Crippen LogP contribution in [0.4, 0.5) is 0 Å². The van der Waals surface area contributed by atoms with Crippen LogP contribution < -0.4 is 14.2 Å². The summed E-state index contributed by atoms with van der Waals surface area (Å²) in [5.41, 5.74) is 1.93. The second-order valence-corrected chi connectivity index (χ2v) is 8.07. The lowest BCUT2D eigenvalue weighted by atomic mass is 10.1. The van der Waals surface area contributed by atoms with E-state index in [1.54, 1.807) is 18.6 Å². The van der Waals surface area contributed by atoms with E-state index in [4.69, 9.17) is 9.47 Å². The fourth-order valence-electron chi connectivity index (χ4n) is 2.92. The van der Waals surface area contributed by atoms with E-state index in [0.717, 1.165) is 11.1 Å². The van der Waals surface area contributed by atoms with Gasteiger partial charge in [-0.05, 0) is 37.1 Å². The van der Waals surface area contributed by atoms with Crippen LogP contribution in [0.1, 0.15) is 25.0 Å². The number of nitrogens with one attached hydrogen (secondary N) is 1. The third-order valence-corrected chi connectivity index (χ3v) is 5.71. The van der Waals surface area contributed by atoms with Crippen molar-refractivity contribution in [3.8, 4) is 11.5 Å². The van der Waals surface area contributed by atoms with Crippen molar-refractivity contribution in [1.29, 1.82) is 0 Å². The Morgan fingerprint density at radius 3 is 2.41 bits per heavy atom. The number of nitrogens with zero attached hydrogens (tertiary/aromatic N) is 2. The molecule has 154 valence electrons. The molecule has 7 nitrogen and oxygen atoms in total. The number of imidazole rings is 1. The van der Waals surface area contributed by atoms with Crippen LogP contribution in [-0.4, -0.2) is 31.2 Å². The van der Waals surface area contributed by atoms with Crippen molar-refractivity contribution >= 4 is 10.0 Å². The van der Waals surface area contributed by atoms with Gasteiger partial charge in [-0.15, -0.1) is 0 Å². The summed E-state index contributed by atoms with van der Waals surface area (Å²) in [6, 6.07) is 12.4. The van der Waals surface area contributed by atoms with Crippen LogP contribution in [0.25, 0.3) is 0 Å². The van der Waals surface area contributed by atoms with Gasteiger partial charge < -0.3 is 14.0 Å². The largest absolute Gasteiger partial charge is 0.490 e. The summed E-state index contributed by atoms with van der Waals surface area (Å²) >= 11 is 0. The number of hydrogen-bond acceptors (Lipinski definition) is 5. The molecular weight excluding hydrogens is 390 g/mol. The first kappa shape index (κ1) is 20.9. The van der Waals surface area contributed by atoms with Gasteiger partial charge in [-0.2, -0.15) is 0 Å². The lowest BCUT2D eigenvalue weighted by Gasteiger charge is -2.14. The molecule has 0 unspecified atom stereocenters. The van der Waals surface area contributed by atoms with Gasteiger partial charge in [0.2, 0.25) is 10.0 Å². The fourth-order valence-corrected chi connectivity index (χ4v) is 3.94. The van der Waals surface area contributed by atoms with Crippen LogP contribution in [0.2, 0.25) is 0 Å². The Balaban J connectivity index is 1.78. The summed E-state index contributed by atoms with van der Waals surface area (Å²) in [6.45, 7) is 5.39. The maximum Gasteiger partial charge on any atom is 0.241 e. The molecule has 29 heavy (non-hydrogen) atoms. The smallest absolute Gasteiger partial charge is 0.241 e. The maximum atomic E-state index is 12.8. The molecule has 2 aromatic carbocycles. The molecule has 0 saturated heterocycles. The fraction of sp³-hybridized carbons (Fsp3) is 0.286. The number of ether oxygens (including phenoxy) is 2. The van der Waals surface area contributed by atoms with Gasteiger partial charge in [0.05, 0.1) is 24.4 Å². The zero-order valence-electron chi connectivity index (χ0n) is 16.5. The summed E-state index contributed by atoms with van der Waals surface area (Å²) < 4.78 is 41.3. The Morgan fingerprint density at radius 2 is 1.72 bits per heavy atom. The molecule has 0 amide bonds. The first-order valence-electron chi connectivity index (χ1n) is 9.45. The highest BCUT2D eigenvalue weighted by atomic mass is 32.2. The average molecular weight is 416 g/mol. The zero-order chi connectivity index (χ0) is 20.7. The molecule has 0 aliphatic carbocycles. The summed E-state index contributed by atoms with van der Waals surface area (Å²) in [7, 11) is -3.71. The van der Waals surface area contributed by atoms with Crippen LogP contribution in [0.3, 0.4) is 0 Å². The summed E-state index contributed by atoms with van der Waals surface area (Å²) in [6.07, 6.45) is 5.32. The SMILES string of the molecule is CCOc1ccc(S(=O)(=O)NCc2ccccc2Cn2ccnc2)cc1OCC. The average Bonchev–Trinajstić information content (AvgIpc) is 3.22. The normalized spacial score (nSPS) is 11.4. The minimum absolute atomic E-state index is 0.136. The molecule has 0 aliphatic rings. The predicted octanol–water partition coefficient (Wildman–Crippen LogP) is 3.21. The van der Waals surface area contributed by atoms with E-state index in [2.05, 4.69) is 9.71 Å². The van der Waals surface area contributed by atoms with Gasteiger partial charge in [-0.25, -0.2) is 18.1 Å². The number of benzene rings is 2. The van der Waals surface area contributed by atoms with Gasteiger partial charge in [0.1, 0.15) is 0 Å². The summed E-state index contributed by atoms with van der Waals surface area (Å²) in [4.78, 5) is 4.18. The first-order chi connectivity index (χ1) is 14.0. The Hall–Kier alpha value is -2.84. The highest BCUT2D eigenvalue weighted by Gasteiger charge is 2.18. The van der Waals surface area contributed by atoms with E-state index in [-0.39, 0.29) is 11.4 Å². The van der Waals surface area contributed by atoms with Crippen LogP contribution >= 0.6 is 0 Å². The van der Waals surface area contributed by atoms with Gasteiger partial charge in [-0.3, -0.25) is 0 Å². The van der Waals surface area contributed by atoms with E-state index in [1.807, 2.05) is 48.9 Å². The Morgan fingerprint density at radius 1 is 1.00 bits per heavy atom. The Labute approximate surface area is 171 Å². The number of aromatic nitrogens is 2. The molecule has 1 heterocycles. The first-order valence-corrected chi connectivity index (χ1v) is 10.9. The van der Waals surface area contributed by atoms with Crippen LogP contribution in [-0.2, 0) is 23.1 Å². The van der Waals surface area contributed by atoms with Gasteiger partial charge in [0.25, 0.3) is 0 Å².